The monoisotopic (exact) mass is 345 g/mol. The van der Waals surface area contributed by atoms with E-state index in [1.54, 1.807) is 13.0 Å². The fourth-order valence-electron chi connectivity index (χ4n) is 1.81. The number of nitrogens with two attached hydrogens (primary N) is 1. The summed E-state index contributed by atoms with van der Waals surface area (Å²) in [5.41, 5.74) is 6.53. The van der Waals surface area contributed by atoms with E-state index in [4.69, 9.17) is 34.1 Å². The third-order valence-corrected chi connectivity index (χ3v) is 4.89. The van der Waals surface area contributed by atoms with Crippen LogP contribution in [0.3, 0.4) is 0 Å². The smallest absolute Gasteiger partial charge is 0.267 e. The number of hydrogen-bond acceptors (Lipinski definition) is 5. The topological polar surface area (TPSA) is 98.2 Å². The Bertz CT molecular complexity index is 796. The Morgan fingerprint density at radius 2 is 2.10 bits per heavy atom. The van der Waals surface area contributed by atoms with E-state index >= 15 is 0 Å². The fraction of sp³-hybridized carbons (Fsp3) is 0.167. The summed E-state index contributed by atoms with van der Waals surface area (Å²) in [5, 5.41) is 3.81. The van der Waals surface area contributed by atoms with Gasteiger partial charge in [-0.1, -0.05) is 29.0 Å². The highest BCUT2D eigenvalue weighted by Gasteiger charge is 2.25. The summed E-state index contributed by atoms with van der Waals surface area (Å²) in [5.74, 6) is 0.205. The second-order valence-corrected chi connectivity index (χ2v) is 6.78. The summed E-state index contributed by atoms with van der Waals surface area (Å²) in [6.45, 7) is 3.06. The Kier molecular flexibility index (Phi) is 4.22. The van der Waals surface area contributed by atoms with Crippen molar-refractivity contribution in [2.24, 2.45) is 5.73 Å². The Morgan fingerprint density at radius 3 is 2.57 bits per heavy atom. The fourth-order valence-corrected chi connectivity index (χ4v) is 3.63. The van der Waals surface area contributed by atoms with Gasteiger partial charge in [0.2, 0.25) is 0 Å². The number of sulfonamides is 1. The molecule has 0 amide bonds. The highest BCUT2D eigenvalue weighted by atomic mass is 35.5. The molecule has 9 heteroatoms. The first-order valence-corrected chi connectivity index (χ1v) is 8.04. The van der Waals surface area contributed by atoms with Crippen molar-refractivity contribution < 1.29 is 12.9 Å². The molecule has 0 saturated heterocycles. The van der Waals surface area contributed by atoms with Crippen molar-refractivity contribution in [2.45, 2.75) is 18.7 Å². The van der Waals surface area contributed by atoms with Crippen LogP contribution < -0.4 is 10.5 Å². The summed E-state index contributed by atoms with van der Waals surface area (Å²) >= 11 is 10.9. The van der Waals surface area contributed by atoms with Gasteiger partial charge in [0.15, 0.2) is 10.7 Å². The molecule has 0 spiro atoms. The zero-order valence-electron chi connectivity index (χ0n) is 11.2. The average molecular weight is 346 g/mol. The second-order valence-electron chi connectivity index (χ2n) is 4.32. The molecule has 0 unspecified atom stereocenters. The number of anilines is 1. The minimum atomic E-state index is -3.84. The zero-order chi connectivity index (χ0) is 15.8. The lowest BCUT2D eigenvalue weighted by Crippen LogP contribution is -2.15. The van der Waals surface area contributed by atoms with Crippen molar-refractivity contribution in [1.82, 2.24) is 5.16 Å². The van der Waals surface area contributed by atoms with Crippen molar-refractivity contribution in [2.75, 3.05) is 4.72 Å². The van der Waals surface area contributed by atoms with Crippen LogP contribution in [0.1, 0.15) is 17.0 Å². The lowest BCUT2D eigenvalue weighted by Gasteiger charge is -2.10. The van der Waals surface area contributed by atoms with E-state index in [0.29, 0.717) is 5.56 Å². The maximum atomic E-state index is 12.4. The standard InChI is InChI=1S/C12H12ClN3O3S2/c1-6-11(7(2)19-15-6)21(17,18)16-10-4-3-8(12(14)20)5-9(10)13/h3-5,16H,1-2H3,(H2,14,20). The predicted octanol–water partition coefficient (Wildman–Crippen LogP) is 2.38. The van der Waals surface area contributed by atoms with Crippen LogP contribution in [0, 0.1) is 13.8 Å². The van der Waals surface area contributed by atoms with E-state index in [1.165, 1.54) is 19.1 Å². The molecule has 112 valence electrons. The first-order chi connectivity index (χ1) is 9.72. The molecule has 21 heavy (non-hydrogen) atoms. The molecule has 0 aliphatic rings. The SMILES string of the molecule is Cc1noc(C)c1S(=O)(=O)Nc1ccc(C(N)=S)cc1Cl. The van der Waals surface area contributed by atoms with Crippen LogP contribution in [0.5, 0.6) is 0 Å². The highest BCUT2D eigenvalue weighted by Crippen LogP contribution is 2.27. The molecule has 1 aromatic heterocycles. The summed E-state index contributed by atoms with van der Waals surface area (Å²) < 4.78 is 32.0. The van der Waals surface area contributed by atoms with Gasteiger partial charge in [-0.3, -0.25) is 4.72 Å². The predicted molar refractivity (Wildman–Crippen MR) is 84.1 cm³/mol. The molecular formula is C12H12ClN3O3S2. The van der Waals surface area contributed by atoms with Gasteiger partial charge in [-0.05, 0) is 32.0 Å². The Balaban J connectivity index is 2.40. The zero-order valence-corrected chi connectivity index (χ0v) is 13.6. The minimum Gasteiger partial charge on any atom is -0.389 e. The molecule has 0 bridgehead atoms. The summed E-state index contributed by atoms with van der Waals surface area (Å²) in [7, 11) is -3.84. The van der Waals surface area contributed by atoms with Gasteiger partial charge in [-0.15, -0.1) is 0 Å². The molecule has 0 radical (unpaired) electrons. The number of aryl methyl sites for hydroxylation is 2. The van der Waals surface area contributed by atoms with Crippen LogP contribution >= 0.6 is 23.8 Å². The number of aromatic nitrogens is 1. The summed E-state index contributed by atoms with van der Waals surface area (Å²) in [6.07, 6.45) is 0. The molecule has 2 rings (SSSR count). The Morgan fingerprint density at radius 1 is 1.43 bits per heavy atom. The molecule has 2 aromatic rings. The number of rotatable bonds is 4. The van der Waals surface area contributed by atoms with E-state index in [1.807, 2.05) is 0 Å². The Labute approximate surface area is 132 Å². The molecule has 6 nitrogen and oxygen atoms in total. The van der Waals surface area contributed by atoms with Crippen LogP contribution in [0.4, 0.5) is 5.69 Å². The maximum absolute atomic E-state index is 12.4. The lowest BCUT2D eigenvalue weighted by molar-refractivity contribution is 0.390. The van der Waals surface area contributed by atoms with Crippen LogP contribution in [0.25, 0.3) is 0 Å². The lowest BCUT2D eigenvalue weighted by atomic mass is 10.2. The van der Waals surface area contributed by atoms with Gasteiger partial charge in [0.25, 0.3) is 10.0 Å². The second kappa shape index (κ2) is 5.63. The summed E-state index contributed by atoms with van der Waals surface area (Å²) in [4.78, 5) is 0.175. The number of benzene rings is 1. The molecule has 0 saturated carbocycles. The van der Waals surface area contributed by atoms with Gasteiger partial charge in [0.05, 0.1) is 10.7 Å². The van der Waals surface area contributed by atoms with E-state index in [-0.39, 0.29) is 32.0 Å². The van der Waals surface area contributed by atoms with Gasteiger partial charge in [0, 0.05) is 5.56 Å². The quantitative estimate of drug-likeness (QED) is 0.825. The van der Waals surface area contributed by atoms with Crippen molar-refractivity contribution in [3.63, 3.8) is 0 Å². The average Bonchev–Trinajstić information content (AvgIpc) is 2.71. The number of halogens is 1. The molecule has 0 fully saturated rings. The molecule has 1 heterocycles. The van der Waals surface area contributed by atoms with Gasteiger partial charge < -0.3 is 10.3 Å². The van der Waals surface area contributed by atoms with E-state index in [9.17, 15) is 8.42 Å². The normalized spacial score (nSPS) is 11.4. The van der Waals surface area contributed by atoms with Gasteiger partial charge in [-0.2, -0.15) is 0 Å². The number of nitrogens with zero attached hydrogens (tertiary/aromatic N) is 1. The van der Waals surface area contributed by atoms with Crippen molar-refractivity contribution in [1.29, 1.82) is 0 Å². The van der Waals surface area contributed by atoms with Crippen LogP contribution in [0.2, 0.25) is 5.02 Å². The largest absolute Gasteiger partial charge is 0.389 e. The molecule has 3 N–H and O–H groups in total. The van der Waals surface area contributed by atoms with Gasteiger partial charge in [0.1, 0.15) is 10.7 Å². The van der Waals surface area contributed by atoms with Crippen molar-refractivity contribution in [3.05, 3.63) is 40.2 Å². The molecule has 0 aliphatic carbocycles. The summed E-state index contributed by atoms with van der Waals surface area (Å²) in [6, 6.07) is 4.57. The Hall–Kier alpha value is -1.64. The van der Waals surface area contributed by atoms with E-state index < -0.39 is 10.0 Å². The molecule has 0 atom stereocenters. The van der Waals surface area contributed by atoms with E-state index in [0.717, 1.165) is 0 Å². The van der Waals surface area contributed by atoms with Gasteiger partial charge in [-0.25, -0.2) is 8.42 Å². The molecule has 1 aromatic carbocycles. The maximum Gasteiger partial charge on any atom is 0.267 e. The van der Waals surface area contributed by atoms with Crippen LogP contribution in [-0.2, 0) is 10.0 Å². The van der Waals surface area contributed by atoms with Crippen molar-refractivity contribution in [3.8, 4) is 0 Å². The van der Waals surface area contributed by atoms with Gasteiger partial charge >= 0.3 is 0 Å². The molecule has 0 aliphatic heterocycles. The number of nitrogens with one attached hydrogen (secondary N) is 1. The van der Waals surface area contributed by atoms with E-state index in [2.05, 4.69) is 9.88 Å². The first kappa shape index (κ1) is 15.7. The van der Waals surface area contributed by atoms with Crippen molar-refractivity contribution >= 4 is 44.5 Å². The third kappa shape index (κ3) is 3.17. The first-order valence-electron chi connectivity index (χ1n) is 5.77. The third-order valence-electron chi connectivity index (χ3n) is 2.73. The van der Waals surface area contributed by atoms with Crippen LogP contribution in [-0.4, -0.2) is 18.6 Å². The number of hydrogen-bond donors (Lipinski definition) is 2. The number of thiocarbonyl (C=S) groups is 1. The highest BCUT2D eigenvalue weighted by molar-refractivity contribution is 7.92. The van der Waals surface area contributed by atoms with Crippen LogP contribution in [0.15, 0.2) is 27.6 Å². The minimum absolute atomic E-state index is 0.00279. The molecular weight excluding hydrogens is 334 g/mol.